The molecular weight excluding hydrogens is 355 g/mol. The summed E-state index contributed by atoms with van der Waals surface area (Å²) in [6.45, 7) is 24.5. The van der Waals surface area contributed by atoms with Crippen LogP contribution in [0.1, 0.15) is 69.4 Å². The van der Waals surface area contributed by atoms with Crippen LogP contribution in [0, 0.1) is 34.6 Å². The molecule has 25 heavy (non-hydrogen) atoms. The molecule has 0 aliphatic carbocycles. The van der Waals surface area contributed by atoms with Gasteiger partial charge in [-0.05, 0) is 38.8 Å². The maximum atomic E-state index is 2.44. The van der Waals surface area contributed by atoms with Crippen LogP contribution in [0.5, 0.6) is 0 Å². The van der Waals surface area contributed by atoms with Crippen LogP contribution in [0.15, 0.2) is 23.3 Å². The minimum absolute atomic E-state index is 0. The Morgan fingerprint density at radius 2 is 1.36 bits per heavy atom. The van der Waals surface area contributed by atoms with Gasteiger partial charge in [0, 0.05) is 21.7 Å². The van der Waals surface area contributed by atoms with E-state index in [9.17, 15) is 0 Å². The van der Waals surface area contributed by atoms with Gasteiger partial charge in [0.15, 0.2) is 0 Å². The van der Waals surface area contributed by atoms with Crippen LogP contribution in [-0.4, -0.2) is 18.0 Å². The van der Waals surface area contributed by atoms with Crippen LogP contribution in [-0.2, 0) is 21.7 Å². The normalized spacial score (nSPS) is 12.2. The van der Waals surface area contributed by atoms with E-state index in [4.69, 9.17) is 0 Å². The van der Waals surface area contributed by atoms with Gasteiger partial charge in [0.1, 0.15) is 0 Å². The molecule has 2 heteroatoms. The van der Waals surface area contributed by atoms with Gasteiger partial charge in [-0.3, -0.25) is 0 Å². The molecule has 142 valence electrons. The second-order valence-corrected chi connectivity index (χ2v) is 10.5. The summed E-state index contributed by atoms with van der Waals surface area (Å²) in [4.78, 5) is 0. The first-order valence-corrected chi connectivity index (χ1v) is 11.1. The zero-order valence-electron chi connectivity index (χ0n) is 18.6. The van der Waals surface area contributed by atoms with Gasteiger partial charge >= 0.3 is 0 Å². The van der Waals surface area contributed by atoms with Crippen LogP contribution in [0.3, 0.4) is 0 Å². The summed E-state index contributed by atoms with van der Waals surface area (Å²) in [5.74, 6) is 0. The second-order valence-electron chi connectivity index (χ2n) is 7.22. The van der Waals surface area contributed by atoms with Crippen molar-refractivity contribution < 1.29 is 21.7 Å². The van der Waals surface area contributed by atoms with Crippen molar-refractivity contribution in [3.8, 4) is 0 Å². The smallest absolute Gasteiger partial charge is 0 e. The van der Waals surface area contributed by atoms with Crippen molar-refractivity contribution in [3.05, 3.63) is 51.1 Å². The third-order valence-corrected chi connectivity index (χ3v) is 8.15. The molecule has 1 rings (SSSR count). The van der Waals surface area contributed by atoms with Crippen molar-refractivity contribution in [2.24, 2.45) is 0 Å². The fraction of sp³-hybridized carbons (Fsp3) is 0.609. The molecule has 0 radical (unpaired) electrons. The molecule has 0 spiro atoms. The van der Waals surface area contributed by atoms with E-state index in [1.165, 1.54) is 51.3 Å². The van der Waals surface area contributed by atoms with Gasteiger partial charge in [-0.25, -0.2) is 0 Å². The third kappa shape index (κ3) is 8.95. The summed E-state index contributed by atoms with van der Waals surface area (Å²) in [5.41, 5.74) is 10.9. The maximum absolute atomic E-state index is 2.44. The minimum Gasteiger partial charge on any atom is -0.196 e. The predicted octanol–water partition coefficient (Wildman–Crippen LogP) is 7.75. The summed E-state index contributed by atoms with van der Waals surface area (Å²) in [7, 11) is 0.219. The Morgan fingerprint density at radius 3 is 1.60 bits per heavy atom. The second kappa shape index (κ2) is 13.2. The van der Waals surface area contributed by atoms with Crippen LogP contribution in [0.4, 0.5) is 0 Å². The Morgan fingerprint density at radius 1 is 0.960 bits per heavy atom. The molecule has 1 aromatic carbocycles. The van der Waals surface area contributed by atoms with Crippen LogP contribution in [0.2, 0.25) is 0 Å². The number of hydrogen-bond acceptors (Lipinski definition) is 0. The number of hydrogen-bond donors (Lipinski definition) is 0. The standard InChI is InChI=1S/C13H25P.C10H15.Ti/c1-7-14(8-2)13(6)10-12(5)9-11(3)4;1-6-7(2)9(4)10(5)8(6)3;/h9-10,13H,7-8H2,1-6H3;1-5H3;/q;-1;. The first-order valence-electron chi connectivity index (χ1n) is 9.33. The summed E-state index contributed by atoms with van der Waals surface area (Å²) in [6.07, 6.45) is 7.41. The van der Waals surface area contributed by atoms with Gasteiger partial charge in [0.05, 0.1) is 0 Å². The van der Waals surface area contributed by atoms with Crippen LogP contribution in [0.25, 0.3) is 0 Å². The van der Waals surface area contributed by atoms with E-state index in [0.29, 0.717) is 0 Å². The van der Waals surface area contributed by atoms with Gasteiger partial charge in [-0.15, -0.1) is 7.92 Å². The maximum Gasteiger partial charge on any atom is 0 e. The Kier molecular flexibility index (Phi) is 14.3. The van der Waals surface area contributed by atoms with Gasteiger partial charge in [0.2, 0.25) is 0 Å². The van der Waals surface area contributed by atoms with E-state index in [1.54, 1.807) is 0 Å². The van der Waals surface area contributed by atoms with E-state index in [0.717, 1.165) is 5.66 Å². The van der Waals surface area contributed by atoms with E-state index in [2.05, 4.69) is 88.3 Å². The Labute approximate surface area is 174 Å². The van der Waals surface area contributed by atoms with Gasteiger partial charge in [0.25, 0.3) is 0 Å². The molecular formula is C23H40PTi-. The average Bonchev–Trinajstić information content (AvgIpc) is 2.66. The minimum atomic E-state index is 0. The van der Waals surface area contributed by atoms with E-state index in [1.807, 2.05) is 0 Å². The third-order valence-electron chi connectivity index (χ3n) is 5.22. The summed E-state index contributed by atoms with van der Waals surface area (Å²) in [5, 5.41) is 0. The summed E-state index contributed by atoms with van der Waals surface area (Å²) in [6, 6.07) is 0. The van der Waals surface area contributed by atoms with Crippen molar-refractivity contribution in [1.82, 2.24) is 0 Å². The predicted molar refractivity (Wildman–Crippen MR) is 116 cm³/mol. The van der Waals surface area contributed by atoms with Gasteiger partial charge < -0.3 is 0 Å². The van der Waals surface area contributed by atoms with Gasteiger partial charge in [-0.2, -0.15) is 27.8 Å². The quantitative estimate of drug-likeness (QED) is 0.207. The average molecular weight is 395 g/mol. The Hall–Kier alpha value is -0.0257. The molecule has 0 saturated heterocycles. The molecule has 1 atom stereocenters. The van der Waals surface area contributed by atoms with Crippen molar-refractivity contribution in [1.29, 1.82) is 0 Å². The van der Waals surface area contributed by atoms with Gasteiger partial charge in [-0.1, -0.05) is 78.7 Å². The zero-order valence-corrected chi connectivity index (χ0v) is 21.0. The van der Waals surface area contributed by atoms with Crippen molar-refractivity contribution in [2.75, 3.05) is 12.3 Å². The summed E-state index contributed by atoms with van der Waals surface area (Å²) >= 11 is 0. The number of rotatable bonds is 5. The molecule has 0 heterocycles. The molecule has 0 aliphatic heterocycles. The monoisotopic (exact) mass is 395 g/mol. The molecule has 0 aliphatic rings. The molecule has 0 bridgehead atoms. The van der Waals surface area contributed by atoms with E-state index < -0.39 is 0 Å². The molecule has 1 aromatic rings. The molecule has 0 saturated carbocycles. The Bertz CT molecular complexity index is 487. The van der Waals surface area contributed by atoms with Crippen molar-refractivity contribution in [2.45, 2.75) is 81.8 Å². The first-order chi connectivity index (χ1) is 11.1. The fourth-order valence-corrected chi connectivity index (χ4v) is 5.24. The van der Waals surface area contributed by atoms with Crippen LogP contribution >= 0.6 is 7.92 Å². The first kappa shape index (κ1) is 27.2. The van der Waals surface area contributed by atoms with Crippen molar-refractivity contribution in [3.63, 3.8) is 0 Å². The Balaban J connectivity index is 0. The fourth-order valence-electron chi connectivity index (χ4n) is 3.20. The molecule has 1 unspecified atom stereocenters. The zero-order chi connectivity index (χ0) is 19.0. The summed E-state index contributed by atoms with van der Waals surface area (Å²) < 4.78 is 0. The molecule has 0 fully saturated rings. The molecule has 0 nitrogen and oxygen atoms in total. The SMILES string of the molecule is CCP(CC)C(C)C=C(C)C=C(C)C.Cc1c(C)c(C)[c-](C)c1C.[Ti]. The largest absolute Gasteiger partial charge is 0.196 e. The molecule has 0 amide bonds. The van der Waals surface area contributed by atoms with Crippen LogP contribution < -0.4 is 0 Å². The number of allylic oxidation sites excluding steroid dienone is 4. The van der Waals surface area contributed by atoms with E-state index in [-0.39, 0.29) is 29.6 Å². The van der Waals surface area contributed by atoms with E-state index >= 15 is 0 Å². The van der Waals surface area contributed by atoms with Crippen molar-refractivity contribution >= 4 is 7.92 Å². The topological polar surface area (TPSA) is 0 Å². The molecule has 0 N–H and O–H groups in total. The molecule has 0 aromatic heterocycles.